The van der Waals surface area contributed by atoms with Gasteiger partial charge in [-0.3, -0.25) is 9.48 Å². The van der Waals surface area contributed by atoms with Crippen molar-refractivity contribution in [2.75, 3.05) is 0 Å². The number of carbonyl (C=O) groups excluding carboxylic acids is 1. The molecule has 0 aliphatic heterocycles. The van der Waals surface area contributed by atoms with Gasteiger partial charge in [-0.15, -0.1) is 0 Å². The minimum Gasteiger partial charge on any atom is -0.391 e. The van der Waals surface area contributed by atoms with Gasteiger partial charge in [0.15, 0.2) is 0 Å². The standard InChI is InChI=1S/C18H22ClN3O2/c1-12-15(18(19)22(3)21-12)9-10-17(24)20-13(2)16(23)11-14-7-5-4-6-8-14/h4-10,13,16,23H,11H2,1-3H3,(H,20,24)/b10-9+. The van der Waals surface area contributed by atoms with Crippen molar-refractivity contribution in [1.29, 1.82) is 0 Å². The van der Waals surface area contributed by atoms with Crippen LogP contribution in [0, 0.1) is 6.92 Å². The number of amides is 1. The lowest BCUT2D eigenvalue weighted by Crippen LogP contribution is -2.41. The fourth-order valence-electron chi connectivity index (χ4n) is 2.40. The van der Waals surface area contributed by atoms with Crippen molar-refractivity contribution in [3.05, 3.63) is 58.4 Å². The van der Waals surface area contributed by atoms with E-state index in [0.29, 0.717) is 17.1 Å². The van der Waals surface area contributed by atoms with E-state index >= 15 is 0 Å². The summed E-state index contributed by atoms with van der Waals surface area (Å²) in [6.45, 7) is 3.61. The molecule has 128 valence electrons. The molecule has 0 aliphatic rings. The molecule has 6 heteroatoms. The quantitative estimate of drug-likeness (QED) is 0.789. The number of halogens is 1. The van der Waals surface area contributed by atoms with Crippen molar-refractivity contribution in [3.8, 4) is 0 Å². The number of hydrogen-bond donors (Lipinski definition) is 2. The molecule has 1 heterocycles. The van der Waals surface area contributed by atoms with E-state index in [2.05, 4.69) is 10.4 Å². The van der Waals surface area contributed by atoms with Gasteiger partial charge in [0, 0.05) is 25.1 Å². The first kappa shape index (κ1) is 18.2. The zero-order valence-corrected chi connectivity index (χ0v) is 14.8. The van der Waals surface area contributed by atoms with Gasteiger partial charge in [-0.1, -0.05) is 41.9 Å². The van der Waals surface area contributed by atoms with Crippen LogP contribution >= 0.6 is 11.6 Å². The first-order chi connectivity index (χ1) is 11.4. The van der Waals surface area contributed by atoms with Gasteiger partial charge in [-0.05, 0) is 25.5 Å². The summed E-state index contributed by atoms with van der Waals surface area (Å²) in [4.78, 5) is 12.0. The zero-order chi connectivity index (χ0) is 17.7. The van der Waals surface area contributed by atoms with Crippen LogP contribution in [0.4, 0.5) is 0 Å². The molecule has 0 bridgehead atoms. The van der Waals surface area contributed by atoms with Crippen molar-refractivity contribution in [2.45, 2.75) is 32.4 Å². The summed E-state index contributed by atoms with van der Waals surface area (Å²) in [7, 11) is 1.74. The van der Waals surface area contributed by atoms with E-state index in [4.69, 9.17) is 11.6 Å². The number of aromatic nitrogens is 2. The lowest BCUT2D eigenvalue weighted by molar-refractivity contribution is -0.117. The summed E-state index contributed by atoms with van der Waals surface area (Å²) in [6, 6.07) is 9.31. The predicted octanol–water partition coefficient (Wildman–Crippen LogP) is 2.50. The lowest BCUT2D eigenvalue weighted by atomic mass is 10.0. The van der Waals surface area contributed by atoms with Crippen LogP contribution < -0.4 is 5.32 Å². The normalized spacial score (nSPS) is 13.9. The van der Waals surface area contributed by atoms with Gasteiger partial charge in [-0.25, -0.2) is 0 Å². The molecule has 0 spiro atoms. The van der Waals surface area contributed by atoms with Crippen LogP contribution in [-0.2, 0) is 18.3 Å². The van der Waals surface area contributed by atoms with Crippen molar-refractivity contribution >= 4 is 23.6 Å². The molecule has 2 N–H and O–H groups in total. The van der Waals surface area contributed by atoms with Gasteiger partial charge in [0.05, 0.1) is 17.8 Å². The lowest BCUT2D eigenvalue weighted by Gasteiger charge is -2.19. The zero-order valence-electron chi connectivity index (χ0n) is 14.0. The molecule has 2 rings (SSSR count). The topological polar surface area (TPSA) is 67.2 Å². The van der Waals surface area contributed by atoms with Gasteiger partial charge in [-0.2, -0.15) is 5.10 Å². The molecule has 2 atom stereocenters. The summed E-state index contributed by atoms with van der Waals surface area (Å²) in [6.07, 6.45) is 2.87. The second kappa shape index (κ2) is 8.13. The number of carbonyl (C=O) groups is 1. The number of aliphatic hydroxyl groups is 1. The highest BCUT2D eigenvalue weighted by Crippen LogP contribution is 2.19. The first-order valence-electron chi connectivity index (χ1n) is 7.78. The Labute approximate surface area is 146 Å². The number of benzene rings is 1. The average Bonchev–Trinajstić information content (AvgIpc) is 2.79. The Kier molecular flexibility index (Phi) is 6.17. The number of rotatable bonds is 6. The molecule has 0 aliphatic carbocycles. The monoisotopic (exact) mass is 347 g/mol. The molecule has 5 nitrogen and oxygen atoms in total. The number of aryl methyl sites for hydroxylation is 2. The molecule has 0 fully saturated rings. The van der Waals surface area contributed by atoms with Gasteiger partial charge in [0.1, 0.15) is 5.15 Å². The highest BCUT2D eigenvalue weighted by Gasteiger charge is 2.16. The molecule has 1 aromatic heterocycles. The average molecular weight is 348 g/mol. The minimum absolute atomic E-state index is 0.283. The van der Waals surface area contributed by atoms with E-state index in [1.54, 1.807) is 24.7 Å². The molecule has 2 aromatic rings. The second-order valence-corrected chi connectivity index (χ2v) is 6.16. The van der Waals surface area contributed by atoms with Crippen LogP contribution in [0.3, 0.4) is 0 Å². The molecule has 0 saturated carbocycles. The fraction of sp³-hybridized carbons (Fsp3) is 0.333. The minimum atomic E-state index is -0.659. The van der Waals surface area contributed by atoms with E-state index in [1.165, 1.54) is 6.08 Å². The van der Waals surface area contributed by atoms with Crippen molar-refractivity contribution in [2.24, 2.45) is 7.05 Å². The van der Waals surface area contributed by atoms with Crippen molar-refractivity contribution < 1.29 is 9.90 Å². The molecule has 0 saturated heterocycles. The summed E-state index contributed by atoms with van der Waals surface area (Å²) < 4.78 is 1.56. The van der Waals surface area contributed by atoms with Gasteiger partial charge in [0.25, 0.3) is 0 Å². The Hall–Kier alpha value is -2.11. The molecule has 2 unspecified atom stereocenters. The van der Waals surface area contributed by atoms with Crippen molar-refractivity contribution in [1.82, 2.24) is 15.1 Å². The van der Waals surface area contributed by atoms with E-state index in [1.807, 2.05) is 37.3 Å². The van der Waals surface area contributed by atoms with Gasteiger partial charge >= 0.3 is 0 Å². The van der Waals surface area contributed by atoms with Crippen LogP contribution in [-0.4, -0.2) is 32.9 Å². The number of nitrogens with one attached hydrogen (secondary N) is 1. The Morgan fingerprint density at radius 3 is 2.67 bits per heavy atom. The Balaban J connectivity index is 1.92. The molecule has 1 amide bonds. The van der Waals surface area contributed by atoms with Crippen LogP contribution in [0.5, 0.6) is 0 Å². The largest absolute Gasteiger partial charge is 0.391 e. The summed E-state index contributed by atoms with van der Waals surface area (Å²) in [5.74, 6) is -0.283. The van der Waals surface area contributed by atoms with Gasteiger partial charge < -0.3 is 10.4 Å². The molecular formula is C18H22ClN3O2. The van der Waals surface area contributed by atoms with Crippen LogP contribution in [0.15, 0.2) is 36.4 Å². The number of hydrogen-bond acceptors (Lipinski definition) is 3. The Morgan fingerprint density at radius 1 is 1.42 bits per heavy atom. The van der Waals surface area contributed by atoms with Gasteiger partial charge in [0.2, 0.25) is 5.91 Å². The first-order valence-corrected chi connectivity index (χ1v) is 8.16. The van der Waals surface area contributed by atoms with E-state index in [-0.39, 0.29) is 11.9 Å². The maximum atomic E-state index is 12.0. The maximum Gasteiger partial charge on any atom is 0.244 e. The van der Waals surface area contributed by atoms with E-state index in [9.17, 15) is 9.90 Å². The SMILES string of the molecule is Cc1nn(C)c(Cl)c1/C=C/C(=O)NC(C)C(O)Cc1ccccc1. The maximum absolute atomic E-state index is 12.0. The molecule has 24 heavy (non-hydrogen) atoms. The summed E-state index contributed by atoms with van der Waals surface area (Å²) >= 11 is 6.12. The Bertz CT molecular complexity index is 725. The smallest absolute Gasteiger partial charge is 0.244 e. The molecular weight excluding hydrogens is 326 g/mol. The fourth-order valence-corrected chi connectivity index (χ4v) is 2.63. The number of nitrogens with zero attached hydrogens (tertiary/aromatic N) is 2. The highest BCUT2D eigenvalue weighted by molar-refractivity contribution is 6.31. The third-order valence-corrected chi connectivity index (χ3v) is 4.28. The second-order valence-electron chi connectivity index (χ2n) is 5.80. The Morgan fingerprint density at radius 2 is 2.08 bits per heavy atom. The molecule has 1 aromatic carbocycles. The van der Waals surface area contributed by atoms with E-state index < -0.39 is 6.10 Å². The number of aliphatic hydroxyl groups excluding tert-OH is 1. The van der Waals surface area contributed by atoms with Crippen LogP contribution in [0.2, 0.25) is 5.15 Å². The summed E-state index contributed by atoms with van der Waals surface area (Å²) in [5, 5.41) is 17.7. The predicted molar refractivity (Wildman–Crippen MR) is 95.7 cm³/mol. The summed E-state index contributed by atoms with van der Waals surface area (Å²) in [5.41, 5.74) is 2.50. The van der Waals surface area contributed by atoms with Crippen molar-refractivity contribution in [3.63, 3.8) is 0 Å². The molecule has 0 radical (unpaired) electrons. The van der Waals surface area contributed by atoms with E-state index in [0.717, 1.165) is 11.3 Å². The van der Waals surface area contributed by atoms with Crippen LogP contribution in [0.25, 0.3) is 6.08 Å². The van der Waals surface area contributed by atoms with Crippen LogP contribution in [0.1, 0.15) is 23.7 Å². The highest BCUT2D eigenvalue weighted by atomic mass is 35.5. The third-order valence-electron chi connectivity index (χ3n) is 3.83. The third kappa shape index (κ3) is 4.69.